The van der Waals surface area contributed by atoms with E-state index in [0.29, 0.717) is 49.1 Å². The largest absolute Gasteiger partial charge is 0.497 e. The van der Waals surface area contributed by atoms with E-state index in [1.165, 1.54) is 12.0 Å². The summed E-state index contributed by atoms with van der Waals surface area (Å²) < 4.78 is 37.9. The van der Waals surface area contributed by atoms with Crippen LogP contribution >= 0.6 is 0 Å². The molecular formula is C42H52N6O5S. The number of rotatable bonds is 14. The van der Waals surface area contributed by atoms with E-state index in [1.54, 1.807) is 37.9 Å². The van der Waals surface area contributed by atoms with Crippen LogP contribution in [0.5, 0.6) is 5.75 Å². The van der Waals surface area contributed by atoms with Crippen LogP contribution in [0.1, 0.15) is 109 Å². The van der Waals surface area contributed by atoms with E-state index in [2.05, 4.69) is 38.4 Å². The molecular weight excluding hydrogens is 701 g/mol. The van der Waals surface area contributed by atoms with Gasteiger partial charge >= 0.3 is 0 Å². The fourth-order valence-corrected chi connectivity index (χ4v) is 8.68. The Hall–Kier alpha value is -5.10. The number of hydrogen-bond donors (Lipinski definition) is 2. The lowest BCUT2D eigenvalue weighted by molar-refractivity contribution is 0.0933. The van der Waals surface area contributed by atoms with Gasteiger partial charge in [0.1, 0.15) is 5.75 Å². The molecule has 0 radical (unpaired) electrons. The molecule has 2 aliphatic rings. The number of aryl methyl sites for hydroxylation is 1. The second kappa shape index (κ2) is 16.5. The summed E-state index contributed by atoms with van der Waals surface area (Å²) >= 11 is 0. The van der Waals surface area contributed by atoms with E-state index in [9.17, 15) is 18.0 Å². The van der Waals surface area contributed by atoms with Gasteiger partial charge in [0, 0.05) is 35.6 Å². The maximum Gasteiger partial charge on any atom is 0.264 e. The Balaban J connectivity index is 1.51. The molecule has 1 saturated carbocycles. The Morgan fingerprint density at radius 3 is 2.57 bits per heavy atom. The van der Waals surface area contributed by atoms with Crippen LogP contribution in [0.25, 0.3) is 33.8 Å². The lowest BCUT2D eigenvalue weighted by Gasteiger charge is -2.24. The molecule has 3 heterocycles. The monoisotopic (exact) mass is 752 g/mol. The first-order valence-corrected chi connectivity index (χ1v) is 20.5. The molecule has 1 aliphatic heterocycles. The molecule has 4 aromatic rings. The van der Waals surface area contributed by atoms with Crippen molar-refractivity contribution in [2.45, 2.75) is 83.4 Å². The number of carbonyl (C=O) groups excluding carboxylic acids is 2. The van der Waals surface area contributed by atoms with E-state index in [0.717, 1.165) is 65.4 Å². The summed E-state index contributed by atoms with van der Waals surface area (Å²) in [6.07, 6.45) is 16.2. The summed E-state index contributed by atoms with van der Waals surface area (Å²) in [5, 5.41) is 7.97. The number of allylic oxidation sites excluding steroid dienone is 3. The van der Waals surface area contributed by atoms with Crippen molar-refractivity contribution in [3.8, 4) is 17.0 Å². The summed E-state index contributed by atoms with van der Waals surface area (Å²) in [5.41, 5.74) is 7.32. The van der Waals surface area contributed by atoms with Gasteiger partial charge in [0.05, 0.1) is 48.7 Å². The average Bonchev–Trinajstić information content (AvgIpc) is 3.66. The average molecular weight is 753 g/mol. The summed E-state index contributed by atoms with van der Waals surface area (Å²) in [6, 6.07) is 11.6. The fraction of sp³-hybridized carbons (Fsp3) is 0.405. The number of hydrogen-bond acceptors (Lipinski definition) is 7. The Morgan fingerprint density at radius 1 is 1.09 bits per heavy atom. The second-order valence-electron chi connectivity index (χ2n) is 14.2. The topological polar surface area (TPSA) is 128 Å². The molecule has 2 aromatic carbocycles. The smallest absolute Gasteiger partial charge is 0.264 e. The molecule has 2 amide bonds. The predicted octanol–water partition coefficient (Wildman–Crippen LogP) is 7.61. The highest BCUT2D eigenvalue weighted by molar-refractivity contribution is 7.90. The standard InChI is InChI=1S/C42H52N6O5S/c1-7-10-14-21-47(9-3)27-43-42(50)36-25-44-46(5)39(36)32-22-31-23-33(53-6)18-20-34(31)40-38(29-15-12-11-13-16-29)35-19-17-30(24-37(35)48(40)26-32)41(49)45-54(51,52)28(4)8-2/h7,14,17-25,28-29H,1,8-13,15-16,26-27H2,2-6H3,(H,43,50)(H,45,49)/b21-14-. The van der Waals surface area contributed by atoms with Crippen LogP contribution in [-0.4, -0.2) is 65.1 Å². The van der Waals surface area contributed by atoms with Crippen LogP contribution in [0.4, 0.5) is 0 Å². The van der Waals surface area contributed by atoms with Crippen LogP contribution < -0.4 is 14.8 Å². The van der Waals surface area contributed by atoms with Gasteiger partial charge in [0.15, 0.2) is 0 Å². The van der Waals surface area contributed by atoms with Gasteiger partial charge in [-0.05, 0) is 105 Å². The Labute approximate surface area is 318 Å². The Bertz CT molecular complexity index is 2220. The molecule has 1 fully saturated rings. The first-order chi connectivity index (χ1) is 26.0. The van der Waals surface area contributed by atoms with E-state index in [-0.39, 0.29) is 11.5 Å². The van der Waals surface area contributed by atoms with Crippen LogP contribution in [0.15, 0.2) is 67.5 Å². The number of amides is 2. The van der Waals surface area contributed by atoms with Crippen molar-refractivity contribution in [3.63, 3.8) is 0 Å². The normalized spacial score (nSPS) is 15.2. The number of nitrogens with zero attached hydrogens (tertiary/aromatic N) is 4. The van der Waals surface area contributed by atoms with Gasteiger partial charge in [-0.15, -0.1) is 6.58 Å². The third-order valence-electron chi connectivity index (χ3n) is 10.8. The van der Waals surface area contributed by atoms with Crippen molar-refractivity contribution < 1.29 is 22.7 Å². The highest BCUT2D eigenvalue weighted by Crippen LogP contribution is 2.48. The van der Waals surface area contributed by atoms with Gasteiger partial charge < -0.3 is 19.5 Å². The molecule has 12 heteroatoms. The van der Waals surface area contributed by atoms with Crippen LogP contribution in [-0.2, 0) is 23.6 Å². The predicted molar refractivity (Wildman–Crippen MR) is 216 cm³/mol. The zero-order valence-electron chi connectivity index (χ0n) is 32.0. The van der Waals surface area contributed by atoms with Crippen molar-refractivity contribution in [1.29, 1.82) is 0 Å². The molecule has 2 N–H and O–H groups in total. The van der Waals surface area contributed by atoms with Gasteiger partial charge in [0.2, 0.25) is 10.0 Å². The van der Waals surface area contributed by atoms with Crippen molar-refractivity contribution in [3.05, 3.63) is 95.5 Å². The van der Waals surface area contributed by atoms with Gasteiger partial charge in [-0.3, -0.25) is 14.3 Å². The number of carbonyl (C=O) groups is 2. The van der Waals surface area contributed by atoms with Gasteiger partial charge in [-0.1, -0.05) is 44.4 Å². The van der Waals surface area contributed by atoms with E-state index in [1.807, 2.05) is 61.5 Å². The quantitative estimate of drug-likeness (QED) is 0.100. The molecule has 1 aliphatic carbocycles. The van der Waals surface area contributed by atoms with Crippen molar-refractivity contribution in [1.82, 2.24) is 29.3 Å². The minimum atomic E-state index is -3.85. The lowest BCUT2D eigenvalue weighted by atomic mass is 9.81. The lowest BCUT2D eigenvalue weighted by Crippen LogP contribution is -2.36. The first kappa shape index (κ1) is 38.6. The molecule has 0 spiro atoms. The molecule has 11 nitrogen and oxygen atoms in total. The number of methoxy groups -OCH3 is 1. The maximum atomic E-state index is 13.9. The molecule has 54 heavy (non-hydrogen) atoms. The number of nitrogens with one attached hydrogen (secondary N) is 2. The minimum absolute atomic E-state index is 0.244. The number of ether oxygens (including phenoxy) is 1. The van der Waals surface area contributed by atoms with E-state index >= 15 is 0 Å². The molecule has 2 aromatic heterocycles. The van der Waals surface area contributed by atoms with Crippen molar-refractivity contribution >= 4 is 44.4 Å². The SMILES string of the molecule is C=CC/C=C\N(CC)CNC(=O)c1cnn(C)c1C1=Cc2cc(OC)ccc2-c2c(C3CCCCC3)c3ccc(C(=O)NS(=O)(=O)C(C)CC)cc3n2C1. The van der Waals surface area contributed by atoms with Gasteiger partial charge in [-0.25, -0.2) is 13.1 Å². The summed E-state index contributed by atoms with van der Waals surface area (Å²) in [6.45, 7) is 10.6. The zero-order valence-corrected chi connectivity index (χ0v) is 32.8. The Morgan fingerprint density at radius 2 is 1.87 bits per heavy atom. The third-order valence-corrected chi connectivity index (χ3v) is 12.7. The molecule has 0 saturated heterocycles. The summed E-state index contributed by atoms with van der Waals surface area (Å²) in [5.74, 6) is 0.112. The zero-order chi connectivity index (χ0) is 38.6. The molecule has 286 valence electrons. The third kappa shape index (κ3) is 7.75. The van der Waals surface area contributed by atoms with Crippen molar-refractivity contribution in [2.75, 3.05) is 20.3 Å². The highest BCUT2D eigenvalue weighted by atomic mass is 32.2. The number of benzene rings is 2. The van der Waals surface area contributed by atoms with Gasteiger partial charge in [-0.2, -0.15) is 5.10 Å². The second-order valence-corrected chi connectivity index (χ2v) is 16.3. The highest BCUT2D eigenvalue weighted by Gasteiger charge is 2.32. The number of aromatic nitrogens is 3. The Kier molecular flexibility index (Phi) is 11.8. The molecule has 1 atom stereocenters. The van der Waals surface area contributed by atoms with E-state index in [4.69, 9.17) is 4.74 Å². The maximum absolute atomic E-state index is 13.9. The first-order valence-electron chi connectivity index (χ1n) is 18.9. The van der Waals surface area contributed by atoms with Gasteiger partial charge in [0.25, 0.3) is 11.8 Å². The number of fused-ring (bicyclic) bond motifs is 5. The van der Waals surface area contributed by atoms with Crippen LogP contribution in [0.2, 0.25) is 0 Å². The summed E-state index contributed by atoms with van der Waals surface area (Å²) in [4.78, 5) is 29.5. The minimum Gasteiger partial charge on any atom is -0.497 e. The fourth-order valence-electron chi connectivity index (χ4n) is 7.66. The molecule has 1 unspecified atom stereocenters. The molecule has 6 rings (SSSR count). The van der Waals surface area contributed by atoms with E-state index < -0.39 is 21.2 Å². The number of sulfonamides is 1. The van der Waals surface area contributed by atoms with Crippen LogP contribution in [0.3, 0.4) is 0 Å². The van der Waals surface area contributed by atoms with Crippen molar-refractivity contribution in [2.24, 2.45) is 7.05 Å². The van der Waals surface area contributed by atoms with Crippen LogP contribution in [0, 0.1) is 0 Å². The summed E-state index contributed by atoms with van der Waals surface area (Å²) in [7, 11) is -0.366. The molecule has 0 bridgehead atoms.